The smallest absolute Gasteiger partial charge is 0.251 e. The number of primary sulfonamides is 1. The summed E-state index contributed by atoms with van der Waals surface area (Å²) in [5.74, 6) is -1.07. The monoisotopic (exact) mass is 453 g/mol. The minimum atomic E-state index is -4.07. The summed E-state index contributed by atoms with van der Waals surface area (Å²) < 4.78 is 37.3. The Bertz CT molecular complexity index is 1290. The van der Waals surface area contributed by atoms with Gasteiger partial charge in [-0.15, -0.1) is 0 Å². The molecule has 7 nitrogen and oxygen atoms in total. The van der Waals surface area contributed by atoms with Crippen LogP contribution in [0.3, 0.4) is 0 Å². The van der Waals surface area contributed by atoms with Crippen molar-refractivity contribution in [3.05, 3.63) is 89.2 Å². The topological polar surface area (TPSA) is 133 Å². The van der Waals surface area contributed by atoms with Crippen LogP contribution >= 0.6 is 0 Å². The van der Waals surface area contributed by atoms with Gasteiger partial charge in [-0.25, -0.2) is 17.9 Å². The van der Waals surface area contributed by atoms with Crippen LogP contribution in [0.25, 0.3) is 11.1 Å². The SMILES string of the molecule is N#Cc1cccc(C[C@@H](CO)NC(=O)c2ccc(-c3cc(F)ccc3S(N)(=O)=O)cc2)c1. The van der Waals surface area contributed by atoms with Crippen molar-refractivity contribution in [3.8, 4) is 17.2 Å². The van der Waals surface area contributed by atoms with Crippen LogP contribution in [-0.4, -0.2) is 32.1 Å². The second kappa shape index (κ2) is 9.70. The van der Waals surface area contributed by atoms with Crippen LogP contribution < -0.4 is 10.5 Å². The molecular formula is C23H20FN3O4S. The summed E-state index contributed by atoms with van der Waals surface area (Å²) in [6, 6.07) is 17.4. The maximum absolute atomic E-state index is 13.7. The van der Waals surface area contributed by atoms with E-state index in [0.29, 0.717) is 17.5 Å². The van der Waals surface area contributed by atoms with Gasteiger partial charge in [-0.05, 0) is 60.0 Å². The molecule has 3 aromatic rings. The fourth-order valence-electron chi connectivity index (χ4n) is 3.26. The molecule has 0 bridgehead atoms. The first-order valence-corrected chi connectivity index (χ1v) is 11.1. The van der Waals surface area contributed by atoms with Crippen molar-refractivity contribution in [1.82, 2.24) is 5.32 Å². The summed E-state index contributed by atoms with van der Waals surface area (Å²) in [6.07, 6.45) is 0.330. The molecule has 0 fully saturated rings. The number of nitrogens with zero attached hydrogens (tertiary/aromatic N) is 1. The minimum absolute atomic E-state index is 0.0880. The van der Waals surface area contributed by atoms with E-state index in [1.807, 2.05) is 6.07 Å². The predicted molar refractivity (Wildman–Crippen MR) is 116 cm³/mol. The minimum Gasteiger partial charge on any atom is -0.394 e. The fourth-order valence-corrected chi connectivity index (χ4v) is 4.00. The molecule has 32 heavy (non-hydrogen) atoms. The number of nitrogens with two attached hydrogens (primary N) is 1. The number of nitriles is 1. The van der Waals surface area contributed by atoms with Gasteiger partial charge in [0.2, 0.25) is 10.0 Å². The highest BCUT2D eigenvalue weighted by molar-refractivity contribution is 7.89. The van der Waals surface area contributed by atoms with E-state index in [0.717, 1.165) is 23.8 Å². The molecule has 4 N–H and O–H groups in total. The Kier molecular flexibility index (Phi) is 7.00. The molecule has 0 saturated carbocycles. The van der Waals surface area contributed by atoms with Crippen LogP contribution in [0.5, 0.6) is 0 Å². The van der Waals surface area contributed by atoms with Crippen LogP contribution in [-0.2, 0) is 16.4 Å². The molecule has 0 aliphatic carbocycles. The normalized spacial score (nSPS) is 12.1. The van der Waals surface area contributed by atoms with Crippen molar-refractivity contribution >= 4 is 15.9 Å². The summed E-state index contributed by atoms with van der Waals surface area (Å²) in [5, 5.41) is 26.6. The highest BCUT2D eigenvalue weighted by Gasteiger charge is 2.18. The molecule has 0 heterocycles. The number of hydrogen-bond donors (Lipinski definition) is 3. The van der Waals surface area contributed by atoms with Gasteiger partial charge in [-0.1, -0.05) is 24.3 Å². The molecule has 0 aliphatic rings. The fraction of sp³-hybridized carbons (Fsp3) is 0.130. The van der Waals surface area contributed by atoms with E-state index in [4.69, 9.17) is 10.4 Å². The maximum atomic E-state index is 13.7. The predicted octanol–water partition coefficient (Wildman–Crippen LogP) is 2.35. The van der Waals surface area contributed by atoms with Crippen molar-refractivity contribution in [2.24, 2.45) is 5.14 Å². The highest BCUT2D eigenvalue weighted by atomic mass is 32.2. The second-order valence-corrected chi connectivity index (χ2v) is 8.66. The van der Waals surface area contributed by atoms with Gasteiger partial charge in [-0.3, -0.25) is 4.79 Å². The molecule has 1 amide bonds. The van der Waals surface area contributed by atoms with E-state index in [1.54, 1.807) is 24.3 Å². The molecule has 3 aromatic carbocycles. The lowest BCUT2D eigenvalue weighted by Gasteiger charge is -2.17. The number of hydrogen-bond acceptors (Lipinski definition) is 5. The Morgan fingerprint density at radius 3 is 2.47 bits per heavy atom. The number of benzene rings is 3. The zero-order valence-corrected chi connectivity index (χ0v) is 17.6. The Morgan fingerprint density at radius 2 is 1.84 bits per heavy atom. The Morgan fingerprint density at radius 1 is 1.12 bits per heavy atom. The standard InChI is InChI=1S/C23H20FN3O4S/c24-19-8-9-22(32(26,30)31)21(12-19)17-4-6-18(7-5-17)23(29)27-20(14-28)11-15-2-1-3-16(10-15)13-25/h1-10,12,20,28H,11,14H2,(H,27,29)(H2,26,30,31)/t20-/m0/s1. The Balaban J connectivity index is 1.78. The van der Waals surface area contributed by atoms with Gasteiger partial charge in [0, 0.05) is 11.1 Å². The van der Waals surface area contributed by atoms with Gasteiger partial charge in [0.15, 0.2) is 0 Å². The highest BCUT2D eigenvalue weighted by Crippen LogP contribution is 2.28. The van der Waals surface area contributed by atoms with Gasteiger partial charge in [-0.2, -0.15) is 5.26 Å². The van der Waals surface area contributed by atoms with E-state index in [1.165, 1.54) is 24.3 Å². The van der Waals surface area contributed by atoms with Gasteiger partial charge >= 0.3 is 0 Å². The molecule has 0 saturated heterocycles. The summed E-state index contributed by atoms with van der Waals surface area (Å²) in [5.41, 5.74) is 2.01. The molecule has 0 spiro atoms. The van der Waals surface area contributed by atoms with Crippen LogP contribution in [0.4, 0.5) is 4.39 Å². The summed E-state index contributed by atoms with van der Waals surface area (Å²) >= 11 is 0. The number of aliphatic hydroxyl groups is 1. The molecule has 1 atom stereocenters. The van der Waals surface area contributed by atoms with Crippen LogP contribution in [0.2, 0.25) is 0 Å². The first-order valence-electron chi connectivity index (χ1n) is 9.55. The summed E-state index contributed by atoms with van der Waals surface area (Å²) in [4.78, 5) is 12.4. The van der Waals surface area contributed by atoms with E-state index < -0.39 is 27.8 Å². The number of aliphatic hydroxyl groups excluding tert-OH is 1. The molecule has 164 valence electrons. The zero-order valence-electron chi connectivity index (χ0n) is 16.8. The third-order valence-corrected chi connectivity index (χ3v) is 5.77. The summed E-state index contributed by atoms with van der Waals surface area (Å²) in [7, 11) is -4.07. The van der Waals surface area contributed by atoms with Crippen LogP contribution in [0, 0.1) is 17.1 Å². The van der Waals surface area contributed by atoms with Crippen molar-refractivity contribution in [2.45, 2.75) is 17.4 Å². The lowest BCUT2D eigenvalue weighted by Crippen LogP contribution is -2.39. The Labute approximate surface area is 185 Å². The van der Waals surface area contributed by atoms with Gasteiger partial charge < -0.3 is 10.4 Å². The lowest BCUT2D eigenvalue weighted by atomic mass is 10.0. The molecular weight excluding hydrogens is 433 g/mol. The van der Waals surface area contributed by atoms with E-state index in [-0.39, 0.29) is 22.6 Å². The van der Waals surface area contributed by atoms with Crippen molar-refractivity contribution in [2.75, 3.05) is 6.61 Å². The number of nitrogens with one attached hydrogen (secondary N) is 1. The second-order valence-electron chi connectivity index (χ2n) is 7.13. The third kappa shape index (κ3) is 5.56. The first kappa shape index (κ1) is 23.1. The molecule has 0 aromatic heterocycles. The molecule has 0 radical (unpaired) electrons. The number of sulfonamides is 1. The molecule has 0 unspecified atom stereocenters. The van der Waals surface area contributed by atoms with E-state index in [9.17, 15) is 22.7 Å². The molecule has 0 aliphatic heterocycles. The quantitative estimate of drug-likeness (QED) is 0.505. The first-order chi connectivity index (χ1) is 15.2. The average molecular weight is 453 g/mol. The Hall–Kier alpha value is -3.58. The van der Waals surface area contributed by atoms with Crippen LogP contribution in [0.1, 0.15) is 21.5 Å². The largest absolute Gasteiger partial charge is 0.394 e. The van der Waals surface area contributed by atoms with Gasteiger partial charge in [0.05, 0.1) is 29.2 Å². The average Bonchev–Trinajstić information content (AvgIpc) is 2.78. The molecule has 3 rings (SSSR count). The van der Waals surface area contributed by atoms with E-state index in [2.05, 4.69) is 5.32 Å². The number of amides is 1. The number of carbonyl (C=O) groups is 1. The van der Waals surface area contributed by atoms with Crippen molar-refractivity contribution < 1.29 is 22.7 Å². The maximum Gasteiger partial charge on any atom is 0.251 e. The van der Waals surface area contributed by atoms with Crippen molar-refractivity contribution in [1.29, 1.82) is 5.26 Å². The van der Waals surface area contributed by atoms with E-state index >= 15 is 0 Å². The number of rotatable bonds is 7. The van der Waals surface area contributed by atoms with Crippen molar-refractivity contribution in [3.63, 3.8) is 0 Å². The third-order valence-electron chi connectivity index (χ3n) is 4.80. The van der Waals surface area contributed by atoms with Gasteiger partial charge in [0.25, 0.3) is 5.91 Å². The van der Waals surface area contributed by atoms with Crippen LogP contribution in [0.15, 0.2) is 71.6 Å². The lowest BCUT2D eigenvalue weighted by molar-refractivity contribution is 0.0916. The number of halogens is 1. The molecule has 9 heteroatoms. The summed E-state index contributed by atoms with van der Waals surface area (Å²) in [6.45, 7) is -0.304. The number of carbonyl (C=O) groups excluding carboxylic acids is 1. The zero-order chi connectivity index (χ0) is 23.3. The van der Waals surface area contributed by atoms with Gasteiger partial charge in [0.1, 0.15) is 5.82 Å².